The van der Waals surface area contributed by atoms with Crippen LogP contribution in [0.4, 0.5) is 0 Å². The molecule has 1 N–H and O–H groups in total. The number of halogens is 1. The predicted octanol–water partition coefficient (Wildman–Crippen LogP) is 1.71. The van der Waals surface area contributed by atoms with E-state index in [4.69, 9.17) is 4.42 Å². The Morgan fingerprint density at radius 1 is 1.62 bits per heavy atom. The van der Waals surface area contributed by atoms with Crippen molar-refractivity contribution in [3.05, 3.63) is 22.6 Å². The highest BCUT2D eigenvalue weighted by Crippen LogP contribution is 2.24. The zero-order chi connectivity index (χ0) is 11.8. The minimum absolute atomic E-state index is 0.207. The van der Waals surface area contributed by atoms with E-state index in [1.807, 2.05) is 13.0 Å². The van der Waals surface area contributed by atoms with Crippen LogP contribution in [0, 0.1) is 0 Å². The van der Waals surface area contributed by atoms with Gasteiger partial charge < -0.3 is 9.73 Å². The molecule has 0 radical (unpaired) electrons. The topological polar surface area (TPSA) is 59.3 Å². The van der Waals surface area contributed by atoms with Gasteiger partial charge in [0.2, 0.25) is 0 Å². The first-order valence-electron chi connectivity index (χ1n) is 5.08. The third-order valence-electron chi connectivity index (χ3n) is 2.87. The van der Waals surface area contributed by atoms with Crippen LogP contribution in [0.2, 0.25) is 0 Å². The van der Waals surface area contributed by atoms with Crippen LogP contribution >= 0.6 is 15.9 Å². The van der Waals surface area contributed by atoms with Crippen LogP contribution < -0.4 is 5.32 Å². The number of nitrogens with one attached hydrogen (secondary N) is 1. The molecule has 1 atom stereocenters. The number of rotatable bonds is 3. The fourth-order valence-corrected chi connectivity index (χ4v) is 4.36. The van der Waals surface area contributed by atoms with Crippen LogP contribution in [0.25, 0.3) is 0 Å². The summed E-state index contributed by atoms with van der Waals surface area (Å²) in [5.41, 5.74) is -0.328. The van der Waals surface area contributed by atoms with Crippen molar-refractivity contribution in [2.45, 2.75) is 25.4 Å². The summed E-state index contributed by atoms with van der Waals surface area (Å²) in [7, 11) is -2.86. The lowest BCUT2D eigenvalue weighted by molar-refractivity contribution is 0.367. The molecule has 2 heterocycles. The van der Waals surface area contributed by atoms with Gasteiger partial charge in [-0.3, -0.25) is 0 Å². The summed E-state index contributed by atoms with van der Waals surface area (Å²) >= 11 is 3.36. The second-order valence-electron chi connectivity index (χ2n) is 4.45. The molecule has 1 saturated heterocycles. The molecular weight excluding hydrogens is 294 g/mol. The van der Waals surface area contributed by atoms with E-state index in [-0.39, 0.29) is 17.0 Å². The van der Waals surface area contributed by atoms with Gasteiger partial charge in [0, 0.05) is 5.54 Å². The molecule has 0 bridgehead atoms. The summed E-state index contributed by atoms with van der Waals surface area (Å²) in [5.74, 6) is 1.28. The van der Waals surface area contributed by atoms with Crippen LogP contribution in [0.1, 0.15) is 19.1 Å². The van der Waals surface area contributed by atoms with Crippen molar-refractivity contribution in [3.8, 4) is 0 Å². The Labute approximate surface area is 103 Å². The minimum atomic E-state index is -2.86. The van der Waals surface area contributed by atoms with Gasteiger partial charge in [0.15, 0.2) is 9.84 Å². The van der Waals surface area contributed by atoms with Crippen molar-refractivity contribution in [2.24, 2.45) is 0 Å². The lowest BCUT2D eigenvalue weighted by Gasteiger charge is -2.23. The van der Waals surface area contributed by atoms with E-state index in [1.165, 1.54) is 0 Å². The average Bonchev–Trinajstić information content (AvgIpc) is 2.69. The Morgan fingerprint density at radius 2 is 2.38 bits per heavy atom. The molecule has 1 unspecified atom stereocenters. The van der Waals surface area contributed by atoms with Crippen LogP contribution in [0.15, 0.2) is 21.2 Å². The van der Waals surface area contributed by atoms with Crippen molar-refractivity contribution in [3.63, 3.8) is 0 Å². The zero-order valence-corrected chi connectivity index (χ0v) is 11.4. The Balaban J connectivity index is 1.99. The van der Waals surface area contributed by atoms with Crippen molar-refractivity contribution in [2.75, 3.05) is 11.5 Å². The molecule has 0 aliphatic carbocycles. The highest BCUT2D eigenvalue weighted by molar-refractivity contribution is 9.10. The maximum absolute atomic E-state index is 11.4. The number of sulfone groups is 1. The van der Waals surface area contributed by atoms with Crippen molar-refractivity contribution >= 4 is 25.8 Å². The Morgan fingerprint density at radius 3 is 2.88 bits per heavy atom. The molecule has 1 fully saturated rings. The molecule has 90 valence electrons. The molecule has 1 aromatic heterocycles. The SMILES string of the molecule is CC1(NCc2occc2Br)CCS(=O)(=O)C1. The van der Waals surface area contributed by atoms with E-state index in [0.29, 0.717) is 13.0 Å². The monoisotopic (exact) mass is 307 g/mol. The fourth-order valence-electron chi connectivity index (χ4n) is 1.89. The van der Waals surface area contributed by atoms with Gasteiger partial charge in [-0.05, 0) is 35.3 Å². The van der Waals surface area contributed by atoms with E-state index in [1.54, 1.807) is 6.26 Å². The van der Waals surface area contributed by atoms with Gasteiger partial charge >= 0.3 is 0 Å². The van der Waals surface area contributed by atoms with E-state index in [0.717, 1.165) is 10.2 Å². The smallest absolute Gasteiger partial charge is 0.152 e. The summed E-state index contributed by atoms with van der Waals surface area (Å²) in [6.45, 7) is 2.48. The third-order valence-corrected chi connectivity index (χ3v) is 5.48. The number of furan rings is 1. The zero-order valence-electron chi connectivity index (χ0n) is 8.99. The summed E-state index contributed by atoms with van der Waals surface area (Å²) in [5, 5.41) is 3.25. The van der Waals surface area contributed by atoms with Gasteiger partial charge in [0.1, 0.15) is 5.76 Å². The minimum Gasteiger partial charge on any atom is -0.467 e. The van der Waals surface area contributed by atoms with E-state index in [9.17, 15) is 8.42 Å². The maximum Gasteiger partial charge on any atom is 0.152 e. The summed E-state index contributed by atoms with van der Waals surface area (Å²) in [6, 6.07) is 1.82. The van der Waals surface area contributed by atoms with Crippen molar-refractivity contribution < 1.29 is 12.8 Å². The van der Waals surface area contributed by atoms with Crippen LogP contribution in [-0.4, -0.2) is 25.5 Å². The molecule has 16 heavy (non-hydrogen) atoms. The van der Waals surface area contributed by atoms with Crippen molar-refractivity contribution in [1.82, 2.24) is 5.32 Å². The van der Waals surface area contributed by atoms with Gasteiger partial charge in [0.25, 0.3) is 0 Å². The molecule has 4 nitrogen and oxygen atoms in total. The molecule has 6 heteroatoms. The first-order chi connectivity index (χ1) is 7.40. The summed E-state index contributed by atoms with van der Waals surface area (Å²) < 4.78 is 29.0. The molecule has 1 aromatic rings. The molecule has 0 aromatic carbocycles. The second-order valence-corrected chi connectivity index (χ2v) is 7.49. The van der Waals surface area contributed by atoms with Gasteiger partial charge in [-0.1, -0.05) is 0 Å². The first kappa shape index (κ1) is 12.1. The highest BCUT2D eigenvalue weighted by Gasteiger charge is 2.37. The highest BCUT2D eigenvalue weighted by atomic mass is 79.9. The van der Waals surface area contributed by atoms with E-state index in [2.05, 4.69) is 21.2 Å². The van der Waals surface area contributed by atoms with Crippen LogP contribution in [-0.2, 0) is 16.4 Å². The summed E-state index contributed by atoms with van der Waals surface area (Å²) in [6.07, 6.45) is 2.27. The van der Waals surface area contributed by atoms with Gasteiger partial charge in [-0.2, -0.15) is 0 Å². The summed E-state index contributed by atoms with van der Waals surface area (Å²) in [4.78, 5) is 0. The second kappa shape index (κ2) is 4.16. The maximum atomic E-state index is 11.4. The van der Waals surface area contributed by atoms with Crippen LogP contribution in [0.3, 0.4) is 0 Å². The van der Waals surface area contributed by atoms with Crippen LogP contribution in [0.5, 0.6) is 0 Å². The number of hydrogen-bond donors (Lipinski definition) is 1. The molecule has 2 rings (SSSR count). The molecule has 0 saturated carbocycles. The molecule has 0 amide bonds. The molecule has 0 spiro atoms. The van der Waals surface area contributed by atoms with E-state index >= 15 is 0 Å². The van der Waals surface area contributed by atoms with Gasteiger partial charge in [-0.25, -0.2) is 8.42 Å². The number of hydrogen-bond acceptors (Lipinski definition) is 4. The lowest BCUT2D eigenvalue weighted by atomic mass is 10.0. The quantitative estimate of drug-likeness (QED) is 0.923. The lowest BCUT2D eigenvalue weighted by Crippen LogP contribution is -2.42. The van der Waals surface area contributed by atoms with E-state index < -0.39 is 9.84 Å². The van der Waals surface area contributed by atoms with Gasteiger partial charge in [0.05, 0.1) is 28.8 Å². The molecule has 1 aliphatic rings. The normalized spacial score (nSPS) is 28.4. The Hall–Kier alpha value is -0.330. The predicted molar refractivity (Wildman–Crippen MR) is 64.9 cm³/mol. The Kier molecular flexibility index (Phi) is 3.16. The van der Waals surface area contributed by atoms with Crippen molar-refractivity contribution in [1.29, 1.82) is 0 Å². The van der Waals surface area contributed by atoms with Gasteiger partial charge in [-0.15, -0.1) is 0 Å². The third kappa shape index (κ3) is 2.67. The fraction of sp³-hybridized carbons (Fsp3) is 0.600. The standard InChI is InChI=1S/C10H14BrNO3S/c1-10(3-5-16(13,14)7-10)12-6-9-8(11)2-4-15-9/h2,4,12H,3,5-7H2,1H3. The first-order valence-corrected chi connectivity index (χ1v) is 7.69. The largest absolute Gasteiger partial charge is 0.467 e. The average molecular weight is 308 g/mol. The molecular formula is C10H14BrNO3S. The Bertz CT molecular complexity index is 482. The molecule has 1 aliphatic heterocycles.